The SMILES string of the molecule is CCCC[C@](C)(OCC)C(=O)Nc1ccc(OC(C)C)c2ccccc12. The molecule has 2 aromatic carbocycles. The van der Waals surface area contributed by atoms with E-state index >= 15 is 0 Å². The molecule has 0 aliphatic carbocycles. The molecule has 26 heavy (non-hydrogen) atoms. The predicted molar refractivity (Wildman–Crippen MR) is 108 cm³/mol. The van der Waals surface area contributed by atoms with Crippen molar-refractivity contribution in [1.82, 2.24) is 0 Å². The summed E-state index contributed by atoms with van der Waals surface area (Å²) in [7, 11) is 0. The molecule has 0 spiro atoms. The molecule has 1 atom stereocenters. The number of benzene rings is 2. The quantitative estimate of drug-likeness (QED) is 0.640. The molecule has 4 nitrogen and oxygen atoms in total. The third kappa shape index (κ3) is 4.76. The molecule has 0 radical (unpaired) electrons. The molecule has 0 aliphatic rings. The van der Waals surface area contributed by atoms with Crippen LogP contribution in [0.15, 0.2) is 36.4 Å². The van der Waals surface area contributed by atoms with E-state index in [1.54, 1.807) is 0 Å². The van der Waals surface area contributed by atoms with Crippen LogP contribution in [0.3, 0.4) is 0 Å². The second kappa shape index (κ2) is 9.04. The molecule has 0 bridgehead atoms. The molecule has 0 aliphatic heterocycles. The van der Waals surface area contributed by atoms with E-state index in [0.29, 0.717) is 13.0 Å². The minimum Gasteiger partial charge on any atom is -0.490 e. The second-order valence-electron chi connectivity index (χ2n) is 7.04. The Morgan fingerprint density at radius 2 is 1.81 bits per heavy atom. The molecule has 142 valence electrons. The zero-order valence-electron chi connectivity index (χ0n) is 16.6. The summed E-state index contributed by atoms with van der Waals surface area (Å²) in [6, 6.07) is 11.8. The third-order valence-electron chi connectivity index (χ3n) is 4.45. The van der Waals surface area contributed by atoms with Crippen LogP contribution >= 0.6 is 0 Å². The number of anilines is 1. The van der Waals surface area contributed by atoms with Crippen LogP contribution in [0.2, 0.25) is 0 Å². The standard InChI is InChI=1S/C22H31NO3/c1-6-8-15-22(5,25-7-2)21(24)23-19-13-14-20(26-16(3)4)18-12-10-9-11-17(18)19/h9-14,16H,6-8,15H2,1-5H3,(H,23,24)/t22-/m0/s1. The highest BCUT2D eigenvalue weighted by Gasteiger charge is 2.33. The van der Waals surface area contributed by atoms with Gasteiger partial charge in [-0.2, -0.15) is 0 Å². The van der Waals surface area contributed by atoms with Crippen LogP contribution in [-0.4, -0.2) is 24.2 Å². The molecule has 1 amide bonds. The van der Waals surface area contributed by atoms with E-state index in [-0.39, 0.29) is 12.0 Å². The summed E-state index contributed by atoms with van der Waals surface area (Å²) in [5, 5.41) is 5.04. The zero-order chi connectivity index (χ0) is 19.2. The predicted octanol–water partition coefficient (Wildman–Crippen LogP) is 5.55. The van der Waals surface area contributed by atoms with Crippen molar-refractivity contribution in [2.24, 2.45) is 0 Å². The van der Waals surface area contributed by atoms with Gasteiger partial charge in [0.25, 0.3) is 5.91 Å². The molecule has 0 aromatic heterocycles. The fourth-order valence-corrected chi connectivity index (χ4v) is 3.08. The van der Waals surface area contributed by atoms with Crippen LogP contribution in [0.5, 0.6) is 5.75 Å². The highest BCUT2D eigenvalue weighted by atomic mass is 16.5. The summed E-state index contributed by atoms with van der Waals surface area (Å²) in [6.45, 7) is 10.4. The first-order valence-electron chi connectivity index (χ1n) is 9.55. The van der Waals surface area contributed by atoms with Crippen molar-refractivity contribution < 1.29 is 14.3 Å². The number of unbranched alkanes of at least 4 members (excludes halogenated alkanes) is 1. The Hall–Kier alpha value is -2.07. The number of carbonyl (C=O) groups excluding carboxylic acids is 1. The number of rotatable bonds is 9. The number of hydrogen-bond acceptors (Lipinski definition) is 3. The molecule has 0 fully saturated rings. The van der Waals surface area contributed by atoms with Gasteiger partial charge in [0.1, 0.15) is 11.4 Å². The van der Waals surface area contributed by atoms with Crippen molar-refractivity contribution in [2.45, 2.75) is 65.6 Å². The first-order valence-corrected chi connectivity index (χ1v) is 9.55. The summed E-state index contributed by atoms with van der Waals surface area (Å²) < 4.78 is 11.7. The van der Waals surface area contributed by atoms with Gasteiger partial charge in [-0.25, -0.2) is 0 Å². The average molecular weight is 357 g/mol. The van der Waals surface area contributed by atoms with Gasteiger partial charge in [0.05, 0.1) is 6.10 Å². The van der Waals surface area contributed by atoms with Gasteiger partial charge in [0.2, 0.25) is 0 Å². The second-order valence-corrected chi connectivity index (χ2v) is 7.04. The maximum Gasteiger partial charge on any atom is 0.256 e. The maximum atomic E-state index is 13.0. The fourth-order valence-electron chi connectivity index (χ4n) is 3.08. The number of hydrogen-bond donors (Lipinski definition) is 1. The maximum absolute atomic E-state index is 13.0. The minimum atomic E-state index is -0.820. The van der Waals surface area contributed by atoms with E-state index in [4.69, 9.17) is 9.47 Å². The van der Waals surface area contributed by atoms with E-state index in [1.807, 2.05) is 64.1 Å². The molecule has 2 aromatic rings. The van der Waals surface area contributed by atoms with Crippen LogP contribution in [0.25, 0.3) is 10.8 Å². The topological polar surface area (TPSA) is 47.6 Å². The Kier molecular flexibility index (Phi) is 7.04. The smallest absolute Gasteiger partial charge is 0.256 e. The summed E-state index contributed by atoms with van der Waals surface area (Å²) >= 11 is 0. The summed E-state index contributed by atoms with van der Waals surface area (Å²) in [5.41, 5.74) is -0.0389. The summed E-state index contributed by atoms with van der Waals surface area (Å²) in [4.78, 5) is 13.0. The third-order valence-corrected chi connectivity index (χ3v) is 4.45. The van der Waals surface area contributed by atoms with E-state index in [9.17, 15) is 4.79 Å². The lowest BCUT2D eigenvalue weighted by Gasteiger charge is -2.28. The van der Waals surface area contributed by atoms with Crippen molar-refractivity contribution in [3.8, 4) is 5.75 Å². The molecule has 1 N–H and O–H groups in total. The minimum absolute atomic E-state index is 0.0918. The number of carbonyl (C=O) groups is 1. The van der Waals surface area contributed by atoms with Crippen molar-refractivity contribution in [2.75, 3.05) is 11.9 Å². The number of ether oxygens (including phenoxy) is 2. The first-order chi connectivity index (χ1) is 12.4. The van der Waals surface area contributed by atoms with Crippen LogP contribution in [-0.2, 0) is 9.53 Å². The van der Waals surface area contributed by atoms with Crippen LogP contribution in [0.1, 0.15) is 53.9 Å². The first kappa shape index (κ1) is 20.2. The van der Waals surface area contributed by atoms with E-state index in [0.717, 1.165) is 35.1 Å². The van der Waals surface area contributed by atoms with Crippen LogP contribution in [0.4, 0.5) is 5.69 Å². The van der Waals surface area contributed by atoms with Crippen molar-refractivity contribution in [3.05, 3.63) is 36.4 Å². The van der Waals surface area contributed by atoms with Crippen molar-refractivity contribution in [3.63, 3.8) is 0 Å². The Bertz CT molecular complexity index is 741. The van der Waals surface area contributed by atoms with Gasteiger partial charge in [-0.1, -0.05) is 44.0 Å². The molecule has 0 heterocycles. The Morgan fingerprint density at radius 1 is 1.12 bits per heavy atom. The van der Waals surface area contributed by atoms with Gasteiger partial charge in [0, 0.05) is 23.1 Å². The van der Waals surface area contributed by atoms with Gasteiger partial charge in [0.15, 0.2) is 0 Å². The Labute approximate surface area is 156 Å². The largest absolute Gasteiger partial charge is 0.490 e. The molecule has 4 heteroatoms. The lowest BCUT2D eigenvalue weighted by Crippen LogP contribution is -2.42. The zero-order valence-corrected chi connectivity index (χ0v) is 16.6. The van der Waals surface area contributed by atoms with E-state index < -0.39 is 5.60 Å². The fraction of sp³-hybridized carbons (Fsp3) is 0.500. The van der Waals surface area contributed by atoms with Crippen LogP contribution in [0, 0.1) is 0 Å². The van der Waals surface area contributed by atoms with Gasteiger partial charge >= 0.3 is 0 Å². The summed E-state index contributed by atoms with van der Waals surface area (Å²) in [5.74, 6) is 0.725. The highest BCUT2D eigenvalue weighted by Crippen LogP contribution is 2.33. The molecular formula is C22H31NO3. The molecule has 2 rings (SSSR count). The van der Waals surface area contributed by atoms with Crippen molar-refractivity contribution >= 4 is 22.4 Å². The lowest BCUT2D eigenvalue weighted by atomic mass is 9.97. The Morgan fingerprint density at radius 3 is 2.42 bits per heavy atom. The highest BCUT2D eigenvalue weighted by molar-refractivity contribution is 6.06. The molecule has 0 saturated carbocycles. The molecular weight excluding hydrogens is 326 g/mol. The summed E-state index contributed by atoms with van der Waals surface area (Å²) in [6.07, 6.45) is 2.77. The number of fused-ring (bicyclic) bond motifs is 1. The van der Waals surface area contributed by atoms with Gasteiger partial charge in [-0.05, 0) is 46.2 Å². The normalized spacial score (nSPS) is 13.6. The van der Waals surface area contributed by atoms with Crippen molar-refractivity contribution in [1.29, 1.82) is 0 Å². The van der Waals surface area contributed by atoms with Gasteiger partial charge in [-0.3, -0.25) is 4.79 Å². The number of amides is 1. The van der Waals surface area contributed by atoms with Gasteiger partial charge in [-0.15, -0.1) is 0 Å². The number of nitrogens with one attached hydrogen (secondary N) is 1. The molecule has 0 saturated heterocycles. The lowest BCUT2D eigenvalue weighted by molar-refractivity contribution is -0.139. The average Bonchev–Trinajstić information content (AvgIpc) is 2.62. The van der Waals surface area contributed by atoms with Crippen LogP contribution < -0.4 is 10.1 Å². The monoisotopic (exact) mass is 357 g/mol. The van der Waals surface area contributed by atoms with Gasteiger partial charge < -0.3 is 14.8 Å². The van der Waals surface area contributed by atoms with E-state index in [1.165, 1.54) is 0 Å². The Balaban J connectivity index is 2.34. The molecule has 0 unspecified atom stereocenters. The van der Waals surface area contributed by atoms with E-state index in [2.05, 4.69) is 12.2 Å².